The van der Waals surface area contributed by atoms with Gasteiger partial charge in [0, 0.05) is 28.8 Å². The summed E-state index contributed by atoms with van der Waals surface area (Å²) >= 11 is 0. The lowest BCUT2D eigenvalue weighted by molar-refractivity contribution is -0.118. The molecule has 0 bridgehead atoms. The molecular weight excluding hydrogens is 282 g/mol. The molecule has 1 N–H and O–H groups in total. The number of fused-ring (bicyclic) bond motifs is 1. The number of hydrogen-bond donors (Lipinski definition) is 1. The highest BCUT2D eigenvalue weighted by molar-refractivity contribution is 5.98. The van der Waals surface area contributed by atoms with Gasteiger partial charge in [-0.3, -0.25) is 4.79 Å². The summed E-state index contributed by atoms with van der Waals surface area (Å²) in [5.41, 5.74) is 4.83. The van der Waals surface area contributed by atoms with Crippen molar-refractivity contribution in [2.24, 2.45) is 5.92 Å². The van der Waals surface area contributed by atoms with Crippen molar-refractivity contribution in [3.63, 3.8) is 0 Å². The molecule has 1 saturated carbocycles. The smallest absolute Gasteiger partial charge is 0.160 e. The molecule has 23 heavy (non-hydrogen) atoms. The molecule has 0 unspecified atom stereocenters. The normalized spacial score (nSPS) is 23.0. The van der Waals surface area contributed by atoms with Crippen LogP contribution in [0.1, 0.15) is 69.1 Å². The molecule has 1 heterocycles. The van der Waals surface area contributed by atoms with Crippen LogP contribution in [0.15, 0.2) is 24.3 Å². The van der Waals surface area contributed by atoms with E-state index in [-0.39, 0.29) is 11.5 Å². The van der Waals surface area contributed by atoms with Gasteiger partial charge in [0.25, 0.3) is 0 Å². The Bertz CT molecular complexity index is 619. The van der Waals surface area contributed by atoms with Crippen LogP contribution in [0.2, 0.25) is 0 Å². The maximum absolute atomic E-state index is 12.8. The Balaban J connectivity index is 1.91. The van der Waals surface area contributed by atoms with Gasteiger partial charge in [-0.15, -0.1) is 0 Å². The molecule has 1 fully saturated rings. The molecule has 1 aromatic carbocycles. The summed E-state index contributed by atoms with van der Waals surface area (Å²) in [5.74, 6) is 0.546. The van der Waals surface area contributed by atoms with Crippen LogP contribution in [0, 0.1) is 12.8 Å². The minimum atomic E-state index is -0.00216. The minimum Gasteiger partial charge on any atom is -0.379 e. The lowest BCUT2D eigenvalue weighted by atomic mass is 9.84. The van der Waals surface area contributed by atoms with E-state index < -0.39 is 0 Å². The molecule has 0 spiro atoms. The van der Waals surface area contributed by atoms with Gasteiger partial charge in [-0.2, -0.15) is 0 Å². The van der Waals surface area contributed by atoms with E-state index in [9.17, 15) is 4.79 Å². The lowest BCUT2D eigenvalue weighted by Gasteiger charge is -2.36. The quantitative estimate of drug-likeness (QED) is 0.628. The standard InChI is InChI=1S/C21H29NO/c1-15-10-11-17-14-21(2,3)22-19(18(17)12-15)13-20(23)16-8-6-4-5-7-9-16/h10-13,16,22H,4-9,14H2,1-3H3/b19-13-. The largest absolute Gasteiger partial charge is 0.379 e. The van der Waals surface area contributed by atoms with Crippen molar-refractivity contribution in [2.75, 3.05) is 0 Å². The van der Waals surface area contributed by atoms with E-state index in [1.807, 2.05) is 6.08 Å². The zero-order chi connectivity index (χ0) is 16.4. The zero-order valence-electron chi connectivity index (χ0n) is 14.7. The Morgan fingerprint density at radius 3 is 2.57 bits per heavy atom. The number of ketones is 1. The van der Waals surface area contributed by atoms with E-state index in [1.165, 1.54) is 42.4 Å². The second kappa shape index (κ2) is 6.51. The predicted molar refractivity (Wildman–Crippen MR) is 96.3 cm³/mol. The van der Waals surface area contributed by atoms with Gasteiger partial charge in [0.15, 0.2) is 5.78 Å². The molecule has 0 radical (unpaired) electrons. The van der Waals surface area contributed by atoms with Gasteiger partial charge in [0.2, 0.25) is 0 Å². The molecular formula is C21H29NO. The Kier molecular flexibility index (Phi) is 4.61. The van der Waals surface area contributed by atoms with Crippen molar-refractivity contribution in [1.29, 1.82) is 0 Å². The molecule has 2 nitrogen and oxygen atoms in total. The zero-order valence-corrected chi connectivity index (χ0v) is 14.7. The third-order valence-corrected chi connectivity index (χ3v) is 5.21. The fourth-order valence-corrected chi connectivity index (χ4v) is 3.99. The molecule has 3 rings (SSSR count). The molecule has 2 heteroatoms. The summed E-state index contributed by atoms with van der Waals surface area (Å²) in [5, 5.41) is 3.60. The lowest BCUT2D eigenvalue weighted by Crippen LogP contribution is -2.44. The Morgan fingerprint density at radius 1 is 1.17 bits per heavy atom. The van der Waals surface area contributed by atoms with E-state index in [1.54, 1.807) is 0 Å². The molecule has 2 aliphatic rings. The van der Waals surface area contributed by atoms with E-state index in [2.05, 4.69) is 44.3 Å². The summed E-state index contributed by atoms with van der Waals surface area (Å²) in [7, 11) is 0. The van der Waals surface area contributed by atoms with Crippen molar-refractivity contribution < 1.29 is 4.79 Å². The number of nitrogens with one attached hydrogen (secondary N) is 1. The molecule has 0 aromatic heterocycles. The summed E-state index contributed by atoms with van der Waals surface area (Å²) in [6.45, 7) is 6.53. The van der Waals surface area contributed by atoms with Crippen LogP contribution in [0.4, 0.5) is 0 Å². The number of hydrogen-bond acceptors (Lipinski definition) is 2. The number of allylic oxidation sites excluding steroid dienone is 1. The van der Waals surface area contributed by atoms with Gasteiger partial charge in [-0.1, -0.05) is 43.4 Å². The maximum Gasteiger partial charge on any atom is 0.160 e. The Morgan fingerprint density at radius 2 is 1.87 bits per heavy atom. The van der Waals surface area contributed by atoms with Crippen LogP contribution in [-0.4, -0.2) is 11.3 Å². The van der Waals surface area contributed by atoms with Crippen LogP contribution in [0.25, 0.3) is 5.70 Å². The third-order valence-electron chi connectivity index (χ3n) is 5.21. The van der Waals surface area contributed by atoms with Gasteiger partial charge in [0.1, 0.15) is 0 Å². The summed E-state index contributed by atoms with van der Waals surface area (Å²) in [6, 6.07) is 6.60. The van der Waals surface area contributed by atoms with Crippen LogP contribution in [-0.2, 0) is 11.2 Å². The van der Waals surface area contributed by atoms with Gasteiger partial charge in [-0.05, 0) is 51.7 Å². The fraction of sp³-hybridized carbons (Fsp3) is 0.571. The molecule has 0 atom stereocenters. The SMILES string of the molecule is Cc1ccc2c(c1)/C(=C/C(=O)C1CCCCCC1)NC(C)(C)C2. The molecule has 1 aromatic rings. The van der Waals surface area contributed by atoms with Crippen LogP contribution >= 0.6 is 0 Å². The molecule has 124 valence electrons. The average molecular weight is 311 g/mol. The number of carbonyl (C=O) groups excluding carboxylic acids is 1. The summed E-state index contributed by atoms with van der Waals surface area (Å²) < 4.78 is 0. The van der Waals surface area contributed by atoms with Crippen molar-refractivity contribution in [1.82, 2.24) is 5.32 Å². The molecule has 1 aliphatic carbocycles. The first kappa shape index (κ1) is 16.3. The fourth-order valence-electron chi connectivity index (χ4n) is 3.99. The second-order valence-electron chi connectivity index (χ2n) is 8.00. The minimum absolute atomic E-state index is 0.00216. The van der Waals surface area contributed by atoms with Gasteiger partial charge < -0.3 is 5.32 Å². The van der Waals surface area contributed by atoms with Crippen molar-refractivity contribution in [3.8, 4) is 0 Å². The van der Waals surface area contributed by atoms with Gasteiger partial charge in [-0.25, -0.2) is 0 Å². The van der Waals surface area contributed by atoms with E-state index in [0.29, 0.717) is 5.78 Å². The summed E-state index contributed by atoms with van der Waals surface area (Å²) in [4.78, 5) is 12.8. The molecule has 1 aliphatic heterocycles. The Hall–Kier alpha value is -1.57. The number of benzene rings is 1. The van der Waals surface area contributed by atoms with Crippen molar-refractivity contribution in [2.45, 2.75) is 71.3 Å². The average Bonchev–Trinajstić information content (AvgIpc) is 2.76. The number of carbonyl (C=O) groups is 1. The van der Waals surface area contributed by atoms with E-state index in [0.717, 1.165) is 25.0 Å². The van der Waals surface area contributed by atoms with Gasteiger partial charge in [0.05, 0.1) is 0 Å². The predicted octanol–water partition coefficient (Wildman–Crippen LogP) is 4.80. The molecule has 0 amide bonds. The van der Waals surface area contributed by atoms with Crippen LogP contribution in [0.5, 0.6) is 0 Å². The van der Waals surface area contributed by atoms with E-state index in [4.69, 9.17) is 0 Å². The summed E-state index contributed by atoms with van der Waals surface area (Å²) in [6.07, 6.45) is 10.00. The number of aryl methyl sites for hydroxylation is 1. The second-order valence-corrected chi connectivity index (χ2v) is 8.00. The van der Waals surface area contributed by atoms with Crippen molar-refractivity contribution >= 4 is 11.5 Å². The Labute approximate surface area is 140 Å². The third kappa shape index (κ3) is 3.85. The van der Waals surface area contributed by atoms with Gasteiger partial charge >= 0.3 is 0 Å². The number of rotatable bonds is 2. The maximum atomic E-state index is 12.8. The highest BCUT2D eigenvalue weighted by Gasteiger charge is 2.28. The highest BCUT2D eigenvalue weighted by Crippen LogP contribution is 2.31. The first-order valence-corrected chi connectivity index (χ1v) is 9.08. The van der Waals surface area contributed by atoms with E-state index >= 15 is 0 Å². The first-order chi connectivity index (χ1) is 10.9. The monoisotopic (exact) mass is 311 g/mol. The van der Waals surface area contributed by atoms with Crippen molar-refractivity contribution in [3.05, 3.63) is 41.0 Å². The highest BCUT2D eigenvalue weighted by atomic mass is 16.1. The molecule has 0 saturated heterocycles. The van der Waals surface area contributed by atoms with Crippen LogP contribution < -0.4 is 5.32 Å². The topological polar surface area (TPSA) is 29.1 Å². The van der Waals surface area contributed by atoms with Crippen LogP contribution in [0.3, 0.4) is 0 Å². The first-order valence-electron chi connectivity index (χ1n) is 9.08.